The average Bonchev–Trinajstić information content (AvgIpc) is 3.48. The number of aliphatic hydroxyl groups excluding tert-OH is 2. The fourth-order valence-electron chi connectivity index (χ4n) is 12.5. The van der Waals surface area contributed by atoms with Gasteiger partial charge in [0.15, 0.2) is 0 Å². The number of nitrogens with one attached hydrogen (secondary N) is 1. The van der Waals surface area contributed by atoms with Crippen LogP contribution in [0.2, 0.25) is 0 Å². The molecule has 0 saturated heterocycles. The Hall–Kier alpha value is -1.40. The summed E-state index contributed by atoms with van der Waals surface area (Å²) in [6.45, 7) is 4.99. The standard InChI is InChI=1S/C77H151NO5/c1-3-5-7-9-11-13-15-17-18-19-20-21-22-30-33-36-39-42-46-49-53-57-61-65-69-75(80)74(73-79)78-76(81)70-66-62-58-54-50-47-43-40-37-34-31-28-26-24-23-25-27-29-32-35-38-41-44-48-52-56-60-64-68-72-83-77(82)71-67-63-59-55-51-45-16-14-12-10-8-6-4-2/h14,16,74-75,79-80H,3-13,15,17-73H2,1-2H3,(H,78,81)/b16-14-. The molecule has 2 unspecified atom stereocenters. The quantitative estimate of drug-likeness (QED) is 0.0320. The molecule has 0 bridgehead atoms. The van der Waals surface area contributed by atoms with E-state index in [0.29, 0.717) is 25.9 Å². The molecule has 2 atom stereocenters. The van der Waals surface area contributed by atoms with Gasteiger partial charge in [0.25, 0.3) is 0 Å². The molecule has 3 N–H and O–H groups in total. The van der Waals surface area contributed by atoms with Crippen LogP contribution in [0, 0.1) is 0 Å². The highest BCUT2D eigenvalue weighted by Gasteiger charge is 2.20. The Kier molecular flexibility index (Phi) is 71.8. The average molecular weight is 1170 g/mol. The van der Waals surface area contributed by atoms with Crippen LogP contribution in [0.1, 0.15) is 444 Å². The SMILES string of the molecule is CCCCCC/C=C\CCCCCCCC(=O)OCCCCCCCCCCCCCCCCCCCCCCCCCCCCCCCC(=O)NC(CO)C(O)CCCCCCCCCCCCCCCCCCCCCCCCCC. The number of rotatable bonds is 73. The van der Waals surface area contributed by atoms with Gasteiger partial charge in [0.05, 0.1) is 25.4 Å². The van der Waals surface area contributed by atoms with Crippen molar-refractivity contribution < 1.29 is 24.5 Å². The maximum Gasteiger partial charge on any atom is 0.305 e. The Labute approximate surface area is 520 Å². The van der Waals surface area contributed by atoms with Crippen LogP contribution in [0.25, 0.3) is 0 Å². The Morgan fingerprint density at radius 1 is 0.325 bits per heavy atom. The fourth-order valence-corrected chi connectivity index (χ4v) is 12.5. The number of carbonyl (C=O) groups is 2. The second-order valence-corrected chi connectivity index (χ2v) is 26.7. The molecule has 494 valence electrons. The molecule has 0 aromatic carbocycles. The van der Waals surface area contributed by atoms with Gasteiger partial charge >= 0.3 is 5.97 Å². The van der Waals surface area contributed by atoms with E-state index >= 15 is 0 Å². The third kappa shape index (κ3) is 69.6. The van der Waals surface area contributed by atoms with Crippen LogP contribution in [-0.2, 0) is 14.3 Å². The lowest BCUT2D eigenvalue weighted by Crippen LogP contribution is -2.45. The maximum atomic E-state index is 12.6. The highest BCUT2D eigenvalue weighted by molar-refractivity contribution is 5.76. The molecule has 0 aromatic rings. The first-order valence-electron chi connectivity index (χ1n) is 38.4. The van der Waals surface area contributed by atoms with Crippen molar-refractivity contribution in [2.75, 3.05) is 13.2 Å². The third-order valence-corrected chi connectivity index (χ3v) is 18.3. The second kappa shape index (κ2) is 73.1. The van der Waals surface area contributed by atoms with Gasteiger partial charge in [-0.2, -0.15) is 0 Å². The number of hydrogen-bond acceptors (Lipinski definition) is 5. The van der Waals surface area contributed by atoms with E-state index < -0.39 is 12.1 Å². The summed E-state index contributed by atoms with van der Waals surface area (Å²) in [5.41, 5.74) is 0. The monoisotopic (exact) mass is 1170 g/mol. The molecule has 0 aromatic heterocycles. The number of unbranched alkanes of at least 4 members (excludes halogenated alkanes) is 60. The van der Waals surface area contributed by atoms with Crippen molar-refractivity contribution in [3.8, 4) is 0 Å². The van der Waals surface area contributed by atoms with Gasteiger partial charge < -0.3 is 20.3 Å². The van der Waals surface area contributed by atoms with Crippen molar-refractivity contribution in [2.45, 2.75) is 456 Å². The summed E-state index contributed by atoms with van der Waals surface area (Å²) < 4.78 is 5.49. The van der Waals surface area contributed by atoms with Gasteiger partial charge in [-0.15, -0.1) is 0 Å². The summed E-state index contributed by atoms with van der Waals surface area (Å²) in [6.07, 6.45) is 91.5. The van der Waals surface area contributed by atoms with Crippen molar-refractivity contribution in [1.82, 2.24) is 5.32 Å². The predicted molar refractivity (Wildman–Crippen MR) is 366 cm³/mol. The van der Waals surface area contributed by atoms with Crippen molar-refractivity contribution >= 4 is 11.9 Å². The van der Waals surface area contributed by atoms with Crippen molar-refractivity contribution in [1.29, 1.82) is 0 Å². The van der Waals surface area contributed by atoms with E-state index in [2.05, 4.69) is 31.3 Å². The Morgan fingerprint density at radius 3 is 0.867 bits per heavy atom. The van der Waals surface area contributed by atoms with E-state index in [0.717, 1.165) is 44.9 Å². The minimum absolute atomic E-state index is 0.0114. The summed E-state index contributed by atoms with van der Waals surface area (Å²) in [6, 6.07) is -0.540. The smallest absolute Gasteiger partial charge is 0.305 e. The fraction of sp³-hybridized carbons (Fsp3) is 0.948. The number of allylic oxidation sites excluding steroid dienone is 2. The van der Waals surface area contributed by atoms with Crippen LogP contribution in [-0.4, -0.2) is 47.4 Å². The van der Waals surface area contributed by atoms with E-state index in [9.17, 15) is 19.8 Å². The Balaban J connectivity index is 3.34. The molecule has 83 heavy (non-hydrogen) atoms. The van der Waals surface area contributed by atoms with Gasteiger partial charge in [-0.1, -0.05) is 392 Å². The lowest BCUT2D eigenvalue weighted by atomic mass is 10.0. The molecular weight excluding hydrogens is 1020 g/mol. The molecule has 0 saturated carbocycles. The first kappa shape index (κ1) is 81.6. The van der Waals surface area contributed by atoms with E-state index in [1.54, 1.807) is 0 Å². The van der Waals surface area contributed by atoms with Gasteiger partial charge in [0, 0.05) is 12.8 Å². The molecule has 0 fully saturated rings. The molecule has 0 aliphatic carbocycles. The largest absolute Gasteiger partial charge is 0.466 e. The lowest BCUT2D eigenvalue weighted by molar-refractivity contribution is -0.143. The van der Waals surface area contributed by atoms with Gasteiger partial charge in [-0.3, -0.25) is 9.59 Å². The van der Waals surface area contributed by atoms with Crippen molar-refractivity contribution in [3.05, 3.63) is 12.2 Å². The molecule has 1 amide bonds. The molecule has 0 aliphatic rings. The topological polar surface area (TPSA) is 95.9 Å². The van der Waals surface area contributed by atoms with Crippen LogP contribution in [0.4, 0.5) is 0 Å². The van der Waals surface area contributed by atoms with Gasteiger partial charge in [-0.25, -0.2) is 0 Å². The maximum absolute atomic E-state index is 12.6. The first-order valence-corrected chi connectivity index (χ1v) is 38.4. The normalized spacial score (nSPS) is 12.5. The molecule has 6 heteroatoms. The van der Waals surface area contributed by atoms with Crippen LogP contribution in [0.3, 0.4) is 0 Å². The Morgan fingerprint density at radius 2 is 0.566 bits per heavy atom. The molecule has 6 nitrogen and oxygen atoms in total. The minimum atomic E-state index is -0.663. The number of ether oxygens (including phenoxy) is 1. The van der Waals surface area contributed by atoms with Gasteiger partial charge in [-0.05, 0) is 51.4 Å². The number of carbonyl (C=O) groups excluding carboxylic acids is 2. The molecule has 0 spiro atoms. The number of hydrogen-bond donors (Lipinski definition) is 3. The summed E-state index contributed by atoms with van der Waals surface area (Å²) in [5.74, 6) is -0.0141. The molecule has 0 aliphatic heterocycles. The minimum Gasteiger partial charge on any atom is -0.466 e. The zero-order valence-electron chi connectivity index (χ0n) is 56.7. The third-order valence-electron chi connectivity index (χ3n) is 18.3. The summed E-state index contributed by atoms with van der Waals surface area (Å²) in [4.78, 5) is 24.6. The highest BCUT2D eigenvalue weighted by atomic mass is 16.5. The van der Waals surface area contributed by atoms with Crippen LogP contribution < -0.4 is 5.32 Å². The zero-order valence-corrected chi connectivity index (χ0v) is 56.7. The predicted octanol–water partition coefficient (Wildman–Crippen LogP) is 25.1. The van der Waals surface area contributed by atoms with Gasteiger partial charge in [0.1, 0.15) is 0 Å². The molecule has 0 radical (unpaired) electrons. The highest BCUT2D eigenvalue weighted by Crippen LogP contribution is 2.20. The van der Waals surface area contributed by atoms with Crippen molar-refractivity contribution in [3.63, 3.8) is 0 Å². The van der Waals surface area contributed by atoms with E-state index in [4.69, 9.17) is 4.74 Å². The lowest BCUT2D eigenvalue weighted by Gasteiger charge is -2.22. The molecule has 0 rings (SSSR count). The number of esters is 1. The Bertz CT molecular complexity index is 1260. The van der Waals surface area contributed by atoms with Crippen molar-refractivity contribution in [2.24, 2.45) is 0 Å². The second-order valence-electron chi connectivity index (χ2n) is 26.7. The summed E-state index contributed by atoms with van der Waals surface area (Å²) in [5, 5.41) is 23.5. The number of amides is 1. The number of aliphatic hydroxyl groups is 2. The molecular formula is C77H151NO5. The van der Waals surface area contributed by atoms with Crippen LogP contribution in [0.5, 0.6) is 0 Å². The first-order chi connectivity index (χ1) is 41.0. The zero-order chi connectivity index (χ0) is 59.9. The van der Waals surface area contributed by atoms with E-state index in [1.165, 1.54) is 366 Å². The van der Waals surface area contributed by atoms with Crippen LogP contribution in [0.15, 0.2) is 12.2 Å². The summed E-state index contributed by atoms with van der Waals surface area (Å²) in [7, 11) is 0. The van der Waals surface area contributed by atoms with Crippen LogP contribution >= 0.6 is 0 Å². The summed E-state index contributed by atoms with van der Waals surface area (Å²) >= 11 is 0. The van der Waals surface area contributed by atoms with Gasteiger partial charge in [0.2, 0.25) is 5.91 Å². The van der Waals surface area contributed by atoms with E-state index in [-0.39, 0.29) is 18.5 Å². The van der Waals surface area contributed by atoms with E-state index in [1.807, 2.05) is 0 Å². The molecule has 0 heterocycles.